The zero-order valence-electron chi connectivity index (χ0n) is 15.5. The van der Waals surface area contributed by atoms with Gasteiger partial charge in [-0.15, -0.1) is 13.2 Å². The summed E-state index contributed by atoms with van der Waals surface area (Å²) in [6, 6.07) is 10.1. The van der Waals surface area contributed by atoms with Crippen molar-refractivity contribution in [2.75, 3.05) is 19.0 Å². The van der Waals surface area contributed by atoms with E-state index in [0.717, 1.165) is 24.3 Å². The van der Waals surface area contributed by atoms with Crippen LogP contribution in [0, 0.1) is 5.82 Å². The molecule has 1 atom stereocenters. The summed E-state index contributed by atoms with van der Waals surface area (Å²) in [5.74, 6) is -3.08. The summed E-state index contributed by atoms with van der Waals surface area (Å²) in [5.41, 5.74) is -0.940. The quantitative estimate of drug-likeness (QED) is 0.562. The molecule has 0 saturated heterocycles. The lowest BCUT2D eigenvalue weighted by molar-refractivity contribution is -0.274. The minimum absolute atomic E-state index is 0.0864. The summed E-state index contributed by atoms with van der Waals surface area (Å²) in [6.45, 7) is 1.35. The number of hydrogen-bond donors (Lipinski definition) is 2. The van der Waals surface area contributed by atoms with E-state index in [9.17, 15) is 27.2 Å². The summed E-state index contributed by atoms with van der Waals surface area (Å²) in [6.07, 6.45) is -4.84. The van der Waals surface area contributed by atoms with E-state index in [4.69, 9.17) is 4.74 Å². The molecule has 0 unspecified atom stereocenters. The Kier molecular flexibility index (Phi) is 6.80. The van der Waals surface area contributed by atoms with Crippen LogP contribution in [-0.4, -0.2) is 31.8 Å². The highest BCUT2D eigenvalue weighted by atomic mass is 19.4. The van der Waals surface area contributed by atoms with Crippen LogP contribution in [-0.2, 0) is 19.9 Å². The Balaban J connectivity index is 1.96. The van der Waals surface area contributed by atoms with Crippen molar-refractivity contribution in [2.45, 2.75) is 18.9 Å². The number of rotatable bonds is 6. The van der Waals surface area contributed by atoms with E-state index in [-0.39, 0.29) is 17.8 Å². The Labute approximate surface area is 163 Å². The van der Waals surface area contributed by atoms with Crippen molar-refractivity contribution in [1.82, 2.24) is 5.32 Å². The molecule has 2 N–H and O–H groups in total. The SMILES string of the molecule is CO[C@](C)(CNC(=O)C(=O)Nc1ccc(OC(F)(F)F)cc1)c1ccccc1F. The molecule has 6 nitrogen and oxygen atoms in total. The Bertz CT molecular complexity index is 871. The molecule has 2 aromatic rings. The fraction of sp³-hybridized carbons (Fsp3) is 0.263. The van der Waals surface area contributed by atoms with E-state index in [1.165, 1.54) is 25.3 Å². The fourth-order valence-corrected chi connectivity index (χ4v) is 2.42. The third-order valence-corrected chi connectivity index (χ3v) is 4.03. The van der Waals surface area contributed by atoms with Crippen LogP contribution in [0.2, 0.25) is 0 Å². The second kappa shape index (κ2) is 8.91. The Morgan fingerprint density at radius 2 is 1.62 bits per heavy atom. The molecule has 0 radical (unpaired) electrons. The molecule has 10 heteroatoms. The van der Waals surface area contributed by atoms with Gasteiger partial charge in [0.25, 0.3) is 0 Å². The summed E-state index contributed by atoms with van der Waals surface area (Å²) in [4.78, 5) is 24.0. The number of carbonyl (C=O) groups is 2. The second-order valence-corrected chi connectivity index (χ2v) is 6.12. The van der Waals surface area contributed by atoms with Gasteiger partial charge in [0.2, 0.25) is 0 Å². The molecule has 2 rings (SSSR count). The molecule has 156 valence electrons. The van der Waals surface area contributed by atoms with Gasteiger partial charge >= 0.3 is 18.2 Å². The first-order valence-corrected chi connectivity index (χ1v) is 8.29. The minimum Gasteiger partial charge on any atom is -0.406 e. The van der Waals surface area contributed by atoms with Crippen LogP contribution >= 0.6 is 0 Å². The van der Waals surface area contributed by atoms with E-state index in [2.05, 4.69) is 15.4 Å². The van der Waals surface area contributed by atoms with Crippen LogP contribution in [0.5, 0.6) is 5.75 Å². The number of benzene rings is 2. The van der Waals surface area contributed by atoms with Crippen molar-refractivity contribution < 1.29 is 36.6 Å². The molecule has 0 bridgehead atoms. The van der Waals surface area contributed by atoms with Crippen molar-refractivity contribution in [3.8, 4) is 5.75 Å². The zero-order chi connectivity index (χ0) is 21.7. The molecule has 2 amide bonds. The van der Waals surface area contributed by atoms with Crippen molar-refractivity contribution in [3.63, 3.8) is 0 Å². The number of anilines is 1. The molecule has 0 aliphatic heterocycles. The normalized spacial score (nSPS) is 13.3. The largest absolute Gasteiger partial charge is 0.573 e. The number of halogens is 4. The summed E-state index contributed by atoms with van der Waals surface area (Å²) in [5, 5.41) is 4.58. The van der Waals surface area contributed by atoms with Gasteiger partial charge in [-0.2, -0.15) is 0 Å². The van der Waals surface area contributed by atoms with Crippen molar-refractivity contribution in [1.29, 1.82) is 0 Å². The molecule has 0 aliphatic rings. The molecule has 0 fully saturated rings. The van der Waals surface area contributed by atoms with Gasteiger partial charge in [-0.05, 0) is 37.3 Å². The standard InChI is InChI=1S/C19H18F4N2O4/c1-18(28-2,14-5-3-4-6-15(14)20)11-24-16(26)17(27)25-12-7-9-13(10-8-12)29-19(21,22)23/h3-10H,11H2,1-2H3,(H,24,26)(H,25,27)/t18-/m1/s1. The van der Waals surface area contributed by atoms with E-state index in [0.29, 0.717) is 0 Å². The number of nitrogens with one attached hydrogen (secondary N) is 2. The van der Waals surface area contributed by atoms with Gasteiger partial charge in [-0.25, -0.2) is 4.39 Å². The number of methoxy groups -OCH3 is 1. The van der Waals surface area contributed by atoms with Crippen LogP contribution in [0.3, 0.4) is 0 Å². The molecule has 29 heavy (non-hydrogen) atoms. The Morgan fingerprint density at radius 1 is 1.00 bits per heavy atom. The fourth-order valence-electron chi connectivity index (χ4n) is 2.42. The first-order valence-electron chi connectivity index (χ1n) is 8.29. The Morgan fingerprint density at radius 3 is 2.17 bits per heavy atom. The highest BCUT2D eigenvalue weighted by Gasteiger charge is 2.32. The van der Waals surface area contributed by atoms with Gasteiger partial charge in [-0.3, -0.25) is 9.59 Å². The highest BCUT2D eigenvalue weighted by Crippen LogP contribution is 2.26. The molecule has 2 aromatic carbocycles. The van der Waals surface area contributed by atoms with Gasteiger partial charge in [0.15, 0.2) is 0 Å². The van der Waals surface area contributed by atoms with Crippen LogP contribution in [0.15, 0.2) is 48.5 Å². The lowest BCUT2D eigenvalue weighted by Gasteiger charge is -2.29. The van der Waals surface area contributed by atoms with Crippen molar-refractivity contribution in [2.24, 2.45) is 0 Å². The topological polar surface area (TPSA) is 76.7 Å². The summed E-state index contributed by atoms with van der Waals surface area (Å²) in [7, 11) is 1.34. The van der Waals surface area contributed by atoms with E-state index < -0.39 is 35.3 Å². The molecule has 0 heterocycles. The maximum atomic E-state index is 14.0. The number of hydrogen-bond acceptors (Lipinski definition) is 4. The first-order chi connectivity index (χ1) is 13.5. The molecule has 0 saturated carbocycles. The third-order valence-electron chi connectivity index (χ3n) is 4.03. The van der Waals surface area contributed by atoms with Gasteiger partial charge in [-0.1, -0.05) is 18.2 Å². The number of ether oxygens (including phenoxy) is 2. The average Bonchev–Trinajstić information content (AvgIpc) is 2.66. The molecule has 0 aliphatic carbocycles. The van der Waals surface area contributed by atoms with Crippen LogP contribution in [0.25, 0.3) is 0 Å². The minimum atomic E-state index is -4.84. The van der Waals surface area contributed by atoms with Crippen molar-refractivity contribution in [3.05, 3.63) is 59.9 Å². The Hall–Kier alpha value is -3.14. The molecule has 0 aromatic heterocycles. The first kappa shape index (κ1) is 22.2. The van der Waals surface area contributed by atoms with Gasteiger partial charge in [0.1, 0.15) is 17.2 Å². The van der Waals surface area contributed by atoms with E-state index in [1.807, 2.05) is 0 Å². The predicted molar refractivity (Wildman–Crippen MR) is 95.5 cm³/mol. The van der Waals surface area contributed by atoms with E-state index >= 15 is 0 Å². The molecular weight excluding hydrogens is 396 g/mol. The predicted octanol–water partition coefficient (Wildman–Crippen LogP) is 3.34. The molecule has 0 spiro atoms. The number of amides is 2. The van der Waals surface area contributed by atoms with Crippen LogP contribution in [0.4, 0.5) is 23.2 Å². The van der Waals surface area contributed by atoms with Gasteiger partial charge < -0.3 is 20.1 Å². The summed E-state index contributed by atoms with van der Waals surface area (Å²) >= 11 is 0. The van der Waals surface area contributed by atoms with Crippen LogP contribution in [0.1, 0.15) is 12.5 Å². The second-order valence-electron chi connectivity index (χ2n) is 6.12. The van der Waals surface area contributed by atoms with E-state index in [1.54, 1.807) is 13.0 Å². The maximum absolute atomic E-state index is 14.0. The summed E-state index contributed by atoms with van der Waals surface area (Å²) < 4.78 is 59.5. The average molecular weight is 414 g/mol. The number of alkyl halides is 3. The smallest absolute Gasteiger partial charge is 0.406 e. The highest BCUT2D eigenvalue weighted by molar-refractivity contribution is 6.39. The number of carbonyl (C=O) groups excluding carboxylic acids is 2. The zero-order valence-corrected chi connectivity index (χ0v) is 15.5. The maximum Gasteiger partial charge on any atom is 0.573 e. The lowest BCUT2D eigenvalue weighted by Crippen LogP contribution is -2.44. The van der Waals surface area contributed by atoms with Gasteiger partial charge in [0.05, 0.1) is 6.54 Å². The monoisotopic (exact) mass is 414 g/mol. The third kappa shape index (κ3) is 6.18. The van der Waals surface area contributed by atoms with Crippen molar-refractivity contribution >= 4 is 17.5 Å². The lowest BCUT2D eigenvalue weighted by atomic mass is 9.95. The molecular formula is C19H18F4N2O4. The van der Waals surface area contributed by atoms with Gasteiger partial charge in [0, 0.05) is 18.4 Å². The van der Waals surface area contributed by atoms with Crippen LogP contribution < -0.4 is 15.4 Å².